The second-order valence-corrected chi connectivity index (χ2v) is 4.89. The van der Waals surface area contributed by atoms with Gasteiger partial charge in [0.15, 0.2) is 5.78 Å². The summed E-state index contributed by atoms with van der Waals surface area (Å²) in [5, 5.41) is 0. The number of Topliss-reactive ketones (excluding diaryl/α,β-unsaturated/α-hetero) is 1. The first-order chi connectivity index (χ1) is 9.51. The molecule has 20 heavy (non-hydrogen) atoms. The van der Waals surface area contributed by atoms with Crippen LogP contribution in [0.4, 0.5) is 4.39 Å². The van der Waals surface area contributed by atoms with E-state index in [1.165, 1.54) is 12.1 Å². The van der Waals surface area contributed by atoms with E-state index in [0.29, 0.717) is 11.3 Å². The van der Waals surface area contributed by atoms with Gasteiger partial charge in [0.25, 0.3) is 0 Å². The lowest BCUT2D eigenvalue weighted by molar-refractivity contribution is 0.0989. The minimum absolute atomic E-state index is 0.0223. The van der Waals surface area contributed by atoms with Crippen molar-refractivity contribution in [1.82, 2.24) is 0 Å². The van der Waals surface area contributed by atoms with Gasteiger partial charge in [-0.15, -0.1) is 0 Å². The molecule has 2 rings (SSSR count). The van der Waals surface area contributed by atoms with E-state index in [1.807, 2.05) is 26.0 Å². The number of carbonyl (C=O) groups is 1. The molecule has 0 radical (unpaired) electrons. The van der Waals surface area contributed by atoms with E-state index in [-0.39, 0.29) is 18.0 Å². The highest BCUT2D eigenvalue weighted by Crippen LogP contribution is 2.25. The number of halogens is 1. The predicted molar refractivity (Wildman–Crippen MR) is 76.9 cm³/mol. The monoisotopic (exact) mass is 272 g/mol. The lowest BCUT2D eigenvalue weighted by atomic mass is 9.96. The maximum Gasteiger partial charge on any atom is 0.171 e. The lowest BCUT2D eigenvalue weighted by Crippen LogP contribution is -2.08. The molecule has 0 bridgehead atoms. The summed E-state index contributed by atoms with van der Waals surface area (Å²) in [5.41, 5.74) is 3.34. The Morgan fingerprint density at radius 3 is 2.40 bits per heavy atom. The SMILES string of the molecule is COc1cc(C)cc(C)c1C(=O)Cc1ccc(F)cc1. The van der Waals surface area contributed by atoms with E-state index >= 15 is 0 Å². The molecule has 0 saturated carbocycles. The molecule has 0 heterocycles. The standard InChI is InChI=1S/C17H17FO2/c1-11-8-12(2)17(16(9-11)20-3)15(19)10-13-4-6-14(18)7-5-13/h4-9H,10H2,1-3H3. The minimum Gasteiger partial charge on any atom is -0.496 e. The molecule has 3 heteroatoms. The van der Waals surface area contributed by atoms with Crippen LogP contribution in [-0.2, 0) is 6.42 Å². The number of methoxy groups -OCH3 is 1. The number of carbonyl (C=O) groups excluding carboxylic acids is 1. The van der Waals surface area contributed by atoms with Crippen molar-refractivity contribution in [3.8, 4) is 5.75 Å². The zero-order valence-corrected chi connectivity index (χ0v) is 11.9. The number of ether oxygens (including phenoxy) is 1. The molecular formula is C17H17FO2. The molecule has 0 spiro atoms. The van der Waals surface area contributed by atoms with Gasteiger partial charge >= 0.3 is 0 Å². The summed E-state index contributed by atoms with van der Waals surface area (Å²) in [6.07, 6.45) is 0.237. The second kappa shape index (κ2) is 5.87. The van der Waals surface area contributed by atoms with Crippen molar-refractivity contribution >= 4 is 5.78 Å². The van der Waals surface area contributed by atoms with Gasteiger partial charge in [-0.05, 0) is 48.7 Å². The van der Waals surface area contributed by atoms with E-state index in [9.17, 15) is 9.18 Å². The predicted octanol–water partition coefficient (Wildman–Crippen LogP) is 3.88. The Balaban J connectivity index is 2.31. The van der Waals surface area contributed by atoms with E-state index in [0.717, 1.165) is 16.7 Å². The summed E-state index contributed by atoms with van der Waals surface area (Å²) in [6, 6.07) is 9.79. The number of ketones is 1. The number of rotatable bonds is 4. The number of aryl methyl sites for hydroxylation is 2. The maximum absolute atomic E-state index is 12.9. The van der Waals surface area contributed by atoms with Gasteiger partial charge in [-0.25, -0.2) is 4.39 Å². The highest BCUT2D eigenvalue weighted by Gasteiger charge is 2.16. The Bertz CT molecular complexity index is 630. The van der Waals surface area contributed by atoms with Crippen LogP contribution < -0.4 is 4.74 Å². The van der Waals surface area contributed by atoms with Crippen molar-refractivity contribution < 1.29 is 13.9 Å². The lowest BCUT2D eigenvalue weighted by Gasteiger charge is -2.12. The first kappa shape index (κ1) is 14.3. The van der Waals surface area contributed by atoms with Crippen LogP contribution in [0.2, 0.25) is 0 Å². The van der Waals surface area contributed by atoms with Crippen LogP contribution in [0.5, 0.6) is 5.75 Å². The molecule has 2 aromatic carbocycles. The highest BCUT2D eigenvalue weighted by atomic mass is 19.1. The normalized spacial score (nSPS) is 10.4. The quantitative estimate of drug-likeness (QED) is 0.790. The van der Waals surface area contributed by atoms with Gasteiger partial charge in [0.2, 0.25) is 0 Å². The summed E-state index contributed by atoms with van der Waals surface area (Å²) in [5.74, 6) is 0.269. The minimum atomic E-state index is -0.301. The molecule has 0 atom stereocenters. The van der Waals surface area contributed by atoms with Crippen LogP contribution in [0.3, 0.4) is 0 Å². The molecule has 0 aliphatic heterocycles. The summed E-state index contributed by atoms with van der Waals surface area (Å²) < 4.78 is 18.2. The maximum atomic E-state index is 12.9. The van der Waals surface area contributed by atoms with Crippen LogP contribution in [0.1, 0.15) is 27.0 Å². The van der Waals surface area contributed by atoms with Crippen molar-refractivity contribution in [3.05, 3.63) is 64.5 Å². The van der Waals surface area contributed by atoms with Crippen LogP contribution in [0, 0.1) is 19.7 Å². The summed E-state index contributed by atoms with van der Waals surface area (Å²) >= 11 is 0. The highest BCUT2D eigenvalue weighted by molar-refractivity contribution is 6.01. The van der Waals surface area contributed by atoms with Gasteiger partial charge < -0.3 is 4.74 Å². The van der Waals surface area contributed by atoms with Crippen LogP contribution in [0.15, 0.2) is 36.4 Å². The molecule has 104 valence electrons. The summed E-state index contributed by atoms with van der Waals surface area (Å²) in [7, 11) is 1.56. The zero-order valence-electron chi connectivity index (χ0n) is 11.9. The van der Waals surface area contributed by atoms with Gasteiger partial charge in [-0.3, -0.25) is 4.79 Å². The fraction of sp³-hybridized carbons (Fsp3) is 0.235. The Labute approximate surface area is 118 Å². The molecule has 0 N–H and O–H groups in total. The molecule has 0 amide bonds. The first-order valence-corrected chi connectivity index (χ1v) is 6.44. The number of hydrogen-bond donors (Lipinski definition) is 0. The summed E-state index contributed by atoms with van der Waals surface area (Å²) in [6.45, 7) is 3.86. The largest absolute Gasteiger partial charge is 0.496 e. The average Bonchev–Trinajstić information content (AvgIpc) is 2.40. The Morgan fingerprint density at radius 1 is 1.15 bits per heavy atom. The molecule has 2 nitrogen and oxygen atoms in total. The average molecular weight is 272 g/mol. The Morgan fingerprint density at radius 2 is 1.80 bits per heavy atom. The molecule has 0 fully saturated rings. The van der Waals surface area contributed by atoms with Crippen molar-refractivity contribution in [3.63, 3.8) is 0 Å². The van der Waals surface area contributed by atoms with E-state index in [4.69, 9.17) is 4.74 Å². The fourth-order valence-corrected chi connectivity index (χ4v) is 2.32. The van der Waals surface area contributed by atoms with E-state index in [1.54, 1.807) is 19.2 Å². The van der Waals surface area contributed by atoms with Crippen LogP contribution >= 0.6 is 0 Å². The van der Waals surface area contributed by atoms with Gasteiger partial charge in [-0.2, -0.15) is 0 Å². The van der Waals surface area contributed by atoms with Crippen LogP contribution in [-0.4, -0.2) is 12.9 Å². The fourth-order valence-electron chi connectivity index (χ4n) is 2.32. The molecule has 0 aliphatic rings. The van der Waals surface area contributed by atoms with Gasteiger partial charge in [0, 0.05) is 6.42 Å². The third-order valence-electron chi connectivity index (χ3n) is 3.22. The number of benzene rings is 2. The molecule has 0 unspecified atom stereocenters. The topological polar surface area (TPSA) is 26.3 Å². The van der Waals surface area contributed by atoms with Gasteiger partial charge in [-0.1, -0.05) is 18.2 Å². The van der Waals surface area contributed by atoms with Crippen molar-refractivity contribution in [1.29, 1.82) is 0 Å². The first-order valence-electron chi connectivity index (χ1n) is 6.44. The van der Waals surface area contributed by atoms with Gasteiger partial charge in [0.1, 0.15) is 11.6 Å². The van der Waals surface area contributed by atoms with Gasteiger partial charge in [0.05, 0.1) is 12.7 Å². The molecular weight excluding hydrogens is 255 g/mol. The molecule has 0 saturated heterocycles. The zero-order chi connectivity index (χ0) is 14.7. The Kier molecular flexibility index (Phi) is 4.18. The summed E-state index contributed by atoms with van der Waals surface area (Å²) in [4.78, 5) is 12.4. The second-order valence-electron chi connectivity index (χ2n) is 4.89. The number of hydrogen-bond acceptors (Lipinski definition) is 2. The van der Waals surface area contributed by atoms with Crippen molar-refractivity contribution in [2.45, 2.75) is 20.3 Å². The Hall–Kier alpha value is -2.16. The van der Waals surface area contributed by atoms with Crippen LogP contribution in [0.25, 0.3) is 0 Å². The van der Waals surface area contributed by atoms with Crippen molar-refractivity contribution in [2.75, 3.05) is 7.11 Å². The molecule has 0 aliphatic carbocycles. The third-order valence-corrected chi connectivity index (χ3v) is 3.22. The smallest absolute Gasteiger partial charge is 0.171 e. The van der Waals surface area contributed by atoms with Crippen molar-refractivity contribution in [2.24, 2.45) is 0 Å². The van der Waals surface area contributed by atoms with E-state index in [2.05, 4.69) is 0 Å². The van der Waals surface area contributed by atoms with E-state index < -0.39 is 0 Å². The molecule has 0 aromatic heterocycles. The third kappa shape index (κ3) is 3.05. The molecule has 2 aromatic rings.